The summed E-state index contributed by atoms with van der Waals surface area (Å²) in [5.41, 5.74) is 1.88. The molecule has 19 heavy (non-hydrogen) atoms. The first kappa shape index (κ1) is 14.1. The summed E-state index contributed by atoms with van der Waals surface area (Å²) in [5, 5.41) is 10.3. The average Bonchev–Trinajstić information content (AvgIpc) is 2.36. The second-order valence-corrected chi connectivity index (χ2v) is 5.35. The molecule has 0 aromatic heterocycles. The molecule has 0 saturated carbocycles. The van der Waals surface area contributed by atoms with Crippen LogP contribution >= 0.6 is 0 Å². The van der Waals surface area contributed by atoms with Crippen molar-refractivity contribution in [1.82, 2.24) is 0 Å². The van der Waals surface area contributed by atoms with Crippen LogP contribution in [0, 0.1) is 0 Å². The summed E-state index contributed by atoms with van der Waals surface area (Å²) < 4.78 is 11.4. The summed E-state index contributed by atoms with van der Waals surface area (Å²) in [5.74, 6) is 0.218. The second-order valence-electron chi connectivity index (χ2n) is 5.35. The molecule has 1 unspecified atom stereocenters. The number of rotatable bonds is 5. The summed E-state index contributed by atoms with van der Waals surface area (Å²) >= 11 is 0. The zero-order valence-corrected chi connectivity index (χ0v) is 11.7. The maximum atomic E-state index is 10.3. The minimum absolute atomic E-state index is 0.469. The highest BCUT2D eigenvalue weighted by molar-refractivity contribution is 5.42. The predicted molar refractivity (Wildman–Crippen MR) is 74.9 cm³/mol. The average molecular weight is 262 g/mol. The number of fused-ring (bicyclic) bond motifs is 1. The monoisotopic (exact) mass is 262 g/mol. The highest BCUT2D eigenvalue weighted by atomic mass is 16.7. The topological polar surface area (TPSA) is 38.7 Å². The zero-order chi connectivity index (χ0) is 13.9. The van der Waals surface area contributed by atoms with Gasteiger partial charge in [0.15, 0.2) is 0 Å². The van der Waals surface area contributed by atoms with Crippen LogP contribution in [-0.2, 0) is 11.3 Å². The van der Waals surface area contributed by atoms with Gasteiger partial charge in [0.05, 0.1) is 12.7 Å². The van der Waals surface area contributed by atoms with E-state index in [9.17, 15) is 5.11 Å². The van der Waals surface area contributed by atoms with Crippen molar-refractivity contribution < 1.29 is 14.6 Å². The summed E-state index contributed by atoms with van der Waals surface area (Å²) in [6, 6.07) is 5.80. The smallest absolute Gasteiger partial charge is 0.205 e. The van der Waals surface area contributed by atoms with Crippen LogP contribution in [0.3, 0.4) is 0 Å². The van der Waals surface area contributed by atoms with E-state index < -0.39 is 11.9 Å². The van der Waals surface area contributed by atoms with Crippen molar-refractivity contribution in [2.75, 3.05) is 0 Å². The predicted octanol–water partition coefficient (Wildman–Crippen LogP) is 3.72. The Morgan fingerprint density at radius 1 is 1.47 bits per heavy atom. The third-order valence-corrected chi connectivity index (χ3v) is 3.33. The van der Waals surface area contributed by atoms with E-state index in [0.29, 0.717) is 6.61 Å². The van der Waals surface area contributed by atoms with Crippen molar-refractivity contribution in [2.24, 2.45) is 0 Å². The van der Waals surface area contributed by atoms with Crippen LogP contribution in [0.15, 0.2) is 30.9 Å². The van der Waals surface area contributed by atoms with Gasteiger partial charge in [-0.3, -0.25) is 0 Å². The van der Waals surface area contributed by atoms with Gasteiger partial charge < -0.3 is 14.6 Å². The van der Waals surface area contributed by atoms with Gasteiger partial charge in [-0.1, -0.05) is 18.2 Å². The first-order chi connectivity index (χ1) is 9.03. The number of aliphatic hydroxyl groups excluding tert-OH is 1. The molecule has 0 fully saturated rings. The fourth-order valence-corrected chi connectivity index (χ4v) is 2.30. The van der Waals surface area contributed by atoms with Crippen LogP contribution in [0.1, 0.15) is 50.3 Å². The van der Waals surface area contributed by atoms with E-state index in [1.165, 1.54) is 0 Å². The Morgan fingerprint density at radius 2 is 2.26 bits per heavy atom. The molecule has 0 amide bonds. The van der Waals surface area contributed by atoms with Gasteiger partial charge in [0.25, 0.3) is 0 Å². The number of unbranched alkanes of at least 4 members (excludes halogenated alkanes) is 1. The van der Waals surface area contributed by atoms with E-state index in [1.54, 1.807) is 0 Å². The van der Waals surface area contributed by atoms with Crippen molar-refractivity contribution >= 4 is 0 Å². The summed E-state index contributed by atoms with van der Waals surface area (Å²) in [6.45, 7) is 7.96. The Kier molecular flexibility index (Phi) is 4.27. The molecule has 1 atom stereocenters. The molecule has 1 aliphatic rings. The number of hydrogen-bond acceptors (Lipinski definition) is 3. The molecule has 2 rings (SSSR count). The summed E-state index contributed by atoms with van der Waals surface area (Å²) in [7, 11) is 0. The van der Waals surface area contributed by atoms with E-state index in [2.05, 4.69) is 6.58 Å². The molecule has 1 N–H and O–H groups in total. The number of hydrogen-bond donors (Lipinski definition) is 1. The van der Waals surface area contributed by atoms with Crippen LogP contribution in [-0.4, -0.2) is 10.9 Å². The lowest BCUT2D eigenvalue weighted by Gasteiger charge is -2.34. The van der Waals surface area contributed by atoms with Crippen molar-refractivity contribution in [1.29, 1.82) is 0 Å². The third-order valence-electron chi connectivity index (χ3n) is 3.33. The van der Waals surface area contributed by atoms with Crippen molar-refractivity contribution in [3.8, 4) is 5.75 Å². The molecule has 1 aliphatic heterocycles. The maximum absolute atomic E-state index is 10.3. The maximum Gasteiger partial charge on any atom is 0.205 e. The molecule has 0 saturated heterocycles. The normalized spacial score (nSPS) is 18.3. The van der Waals surface area contributed by atoms with Crippen molar-refractivity contribution in [3.05, 3.63) is 42.0 Å². The SMILES string of the molecule is C=CCCCC(O)c1cccc2c1COC(C)(C)O2. The molecule has 0 spiro atoms. The molecule has 1 aromatic carbocycles. The Hall–Kier alpha value is -1.32. The lowest BCUT2D eigenvalue weighted by Crippen LogP contribution is -2.35. The van der Waals surface area contributed by atoms with Gasteiger partial charge in [-0.05, 0) is 30.9 Å². The lowest BCUT2D eigenvalue weighted by molar-refractivity contribution is -0.180. The quantitative estimate of drug-likeness (QED) is 0.649. The molecule has 0 radical (unpaired) electrons. The van der Waals surface area contributed by atoms with Crippen molar-refractivity contribution in [2.45, 2.75) is 51.6 Å². The molecule has 3 nitrogen and oxygen atoms in total. The molecular formula is C16H22O3. The largest absolute Gasteiger partial charge is 0.463 e. The highest BCUT2D eigenvalue weighted by Gasteiger charge is 2.29. The van der Waals surface area contributed by atoms with Gasteiger partial charge in [-0.2, -0.15) is 0 Å². The molecule has 0 bridgehead atoms. The Balaban J connectivity index is 2.16. The molecule has 3 heteroatoms. The van der Waals surface area contributed by atoms with Gasteiger partial charge in [0, 0.05) is 19.4 Å². The Bertz CT molecular complexity index is 451. The van der Waals surface area contributed by atoms with Gasteiger partial charge in [-0.15, -0.1) is 6.58 Å². The van der Waals surface area contributed by atoms with Crippen LogP contribution in [0.5, 0.6) is 5.75 Å². The lowest BCUT2D eigenvalue weighted by atomic mass is 9.97. The standard InChI is InChI=1S/C16H22O3/c1-4-5-6-9-14(17)12-8-7-10-15-13(12)11-18-16(2,3)19-15/h4,7-8,10,14,17H,1,5-6,9,11H2,2-3H3. The van der Waals surface area contributed by atoms with Crippen LogP contribution in [0.4, 0.5) is 0 Å². The van der Waals surface area contributed by atoms with E-state index in [-0.39, 0.29) is 0 Å². The molecule has 1 aromatic rings. The fraction of sp³-hybridized carbons (Fsp3) is 0.500. The number of aliphatic hydroxyl groups is 1. The van der Waals surface area contributed by atoms with Crippen molar-refractivity contribution in [3.63, 3.8) is 0 Å². The fourth-order valence-electron chi connectivity index (χ4n) is 2.30. The van der Waals surface area contributed by atoms with Gasteiger partial charge >= 0.3 is 0 Å². The van der Waals surface area contributed by atoms with Crippen LogP contribution in [0.2, 0.25) is 0 Å². The number of benzene rings is 1. The molecule has 1 heterocycles. The van der Waals surface area contributed by atoms with Gasteiger partial charge in [-0.25, -0.2) is 0 Å². The molecular weight excluding hydrogens is 240 g/mol. The number of ether oxygens (including phenoxy) is 2. The van der Waals surface area contributed by atoms with Crippen LogP contribution < -0.4 is 4.74 Å². The van der Waals surface area contributed by atoms with E-state index in [4.69, 9.17) is 9.47 Å². The summed E-state index contributed by atoms with van der Waals surface area (Å²) in [4.78, 5) is 0. The third kappa shape index (κ3) is 3.37. The Labute approximate surface area is 114 Å². The minimum Gasteiger partial charge on any atom is -0.463 e. The van der Waals surface area contributed by atoms with E-state index in [1.807, 2.05) is 38.1 Å². The second kappa shape index (κ2) is 5.76. The van der Waals surface area contributed by atoms with E-state index in [0.717, 1.165) is 36.1 Å². The first-order valence-electron chi connectivity index (χ1n) is 6.77. The highest BCUT2D eigenvalue weighted by Crippen LogP contribution is 2.36. The first-order valence-corrected chi connectivity index (χ1v) is 6.77. The van der Waals surface area contributed by atoms with E-state index >= 15 is 0 Å². The molecule has 104 valence electrons. The minimum atomic E-state index is -0.598. The molecule has 0 aliphatic carbocycles. The Morgan fingerprint density at radius 3 is 3.00 bits per heavy atom. The van der Waals surface area contributed by atoms with Crippen LogP contribution in [0.25, 0.3) is 0 Å². The zero-order valence-electron chi connectivity index (χ0n) is 11.7. The summed E-state index contributed by atoms with van der Waals surface area (Å²) in [6.07, 6.45) is 3.99. The van der Waals surface area contributed by atoms with Gasteiger partial charge in [0.2, 0.25) is 5.79 Å². The van der Waals surface area contributed by atoms with Gasteiger partial charge in [0.1, 0.15) is 5.75 Å². The number of allylic oxidation sites excluding steroid dienone is 1.